The van der Waals surface area contributed by atoms with Crippen LogP contribution in [0.25, 0.3) is 6.08 Å². The van der Waals surface area contributed by atoms with Crippen molar-refractivity contribution in [3.8, 4) is 0 Å². The molecule has 0 heterocycles. The topological polar surface area (TPSA) is 0 Å². The van der Waals surface area contributed by atoms with Crippen molar-refractivity contribution in [3.63, 3.8) is 0 Å². The van der Waals surface area contributed by atoms with Crippen molar-refractivity contribution in [3.05, 3.63) is 35.4 Å². The molecule has 0 aromatic heterocycles. The van der Waals surface area contributed by atoms with Gasteiger partial charge in [0.25, 0.3) is 0 Å². The number of benzene rings is 1. The molecule has 2 aliphatic rings. The molecule has 0 radical (unpaired) electrons. The first-order valence-corrected chi connectivity index (χ1v) is 5.61. The van der Waals surface area contributed by atoms with E-state index in [0.29, 0.717) is 0 Å². The van der Waals surface area contributed by atoms with Crippen LogP contribution in [0.15, 0.2) is 24.3 Å². The highest BCUT2D eigenvalue weighted by Crippen LogP contribution is 2.41. The molecular formula is C13H15B. The normalized spacial score (nSPS) is 24.7. The van der Waals surface area contributed by atoms with Gasteiger partial charge in [-0.2, -0.15) is 0 Å². The Morgan fingerprint density at radius 3 is 2.86 bits per heavy atom. The summed E-state index contributed by atoms with van der Waals surface area (Å²) in [5.41, 5.74) is 4.37. The third-order valence-electron chi connectivity index (χ3n) is 3.51. The molecule has 1 heteroatoms. The fourth-order valence-corrected chi connectivity index (χ4v) is 2.45. The van der Waals surface area contributed by atoms with Gasteiger partial charge in [-0.15, -0.1) is 0 Å². The van der Waals surface area contributed by atoms with Crippen LogP contribution < -0.4 is 5.46 Å². The molecule has 0 N–H and O–H groups in total. The van der Waals surface area contributed by atoms with Gasteiger partial charge in [0.1, 0.15) is 7.85 Å². The Balaban J connectivity index is 1.93. The molecule has 1 saturated carbocycles. The van der Waals surface area contributed by atoms with Gasteiger partial charge in [-0.25, -0.2) is 0 Å². The summed E-state index contributed by atoms with van der Waals surface area (Å²) < 4.78 is 0. The van der Waals surface area contributed by atoms with E-state index >= 15 is 0 Å². The Hall–Kier alpha value is -0.975. The molecular weight excluding hydrogens is 167 g/mol. The Morgan fingerprint density at radius 2 is 2.07 bits per heavy atom. The molecule has 3 rings (SSSR count). The molecule has 70 valence electrons. The third-order valence-corrected chi connectivity index (χ3v) is 3.51. The van der Waals surface area contributed by atoms with Crippen LogP contribution in [-0.4, -0.2) is 7.85 Å². The highest BCUT2D eigenvalue weighted by Gasteiger charge is 2.30. The molecule has 0 spiro atoms. The monoisotopic (exact) mass is 182 g/mol. The summed E-state index contributed by atoms with van der Waals surface area (Å²) in [6, 6.07) is 6.85. The quantitative estimate of drug-likeness (QED) is 0.578. The SMILES string of the molecule is Bc1ccc2c(c1)C=C[C@@H](C1CC1)C2. The van der Waals surface area contributed by atoms with Gasteiger partial charge < -0.3 is 0 Å². The Morgan fingerprint density at radius 1 is 1.21 bits per heavy atom. The van der Waals surface area contributed by atoms with Gasteiger partial charge in [0.05, 0.1) is 0 Å². The largest absolute Gasteiger partial charge is 0.139 e. The summed E-state index contributed by atoms with van der Waals surface area (Å²) in [6.07, 6.45) is 8.94. The van der Waals surface area contributed by atoms with E-state index in [1.165, 1.54) is 30.3 Å². The van der Waals surface area contributed by atoms with Crippen LogP contribution in [0.4, 0.5) is 0 Å². The average Bonchev–Trinajstić information content (AvgIpc) is 3.00. The lowest BCUT2D eigenvalue weighted by Gasteiger charge is -2.19. The lowest BCUT2D eigenvalue weighted by Crippen LogP contribution is -2.12. The predicted octanol–water partition coefficient (Wildman–Crippen LogP) is 1.54. The summed E-state index contributed by atoms with van der Waals surface area (Å²) in [5, 5.41) is 0. The van der Waals surface area contributed by atoms with Crippen LogP contribution in [0, 0.1) is 11.8 Å². The van der Waals surface area contributed by atoms with Gasteiger partial charge >= 0.3 is 0 Å². The fraction of sp³-hybridized carbons (Fsp3) is 0.385. The standard InChI is InChI=1S/C13H15B/c14-13-6-5-11-7-10(9-1-2-9)3-4-12(11)8-13/h3-6,8-10H,1-2,7,14H2/t10-/m1/s1. The van der Waals surface area contributed by atoms with E-state index in [4.69, 9.17) is 0 Å². The van der Waals surface area contributed by atoms with Crippen molar-refractivity contribution >= 4 is 19.4 Å². The first kappa shape index (κ1) is 8.34. The highest BCUT2D eigenvalue weighted by atomic mass is 14.4. The number of hydrogen-bond donors (Lipinski definition) is 0. The van der Waals surface area contributed by atoms with Crippen LogP contribution in [0.3, 0.4) is 0 Å². The molecule has 0 unspecified atom stereocenters. The summed E-state index contributed by atoms with van der Waals surface area (Å²) in [6.45, 7) is 0. The second-order valence-electron chi connectivity index (χ2n) is 4.77. The minimum Gasteiger partial charge on any atom is -0.0884 e. The van der Waals surface area contributed by atoms with E-state index in [-0.39, 0.29) is 0 Å². The molecule has 2 aliphatic carbocycles. The lowest BCUT2D eigenvalue weighted by atomic mass is 9.83. The maximum atomic E-state index is 2.43. The number of fused-ring (bicyclic) bond motifs is 1. The first-order valence-electron chi connectivity index (χ1n) is 5.61. The van der Waals surface area contributed by atoms with E-state index < -0.39 is 0 Å². The Bertz CT molecular complexity index is 388. The molecule has 0 aliphatic heterocycles. The van der Waals surface area contributed by atoms with Crippen molar-refractivity contribution < 1.29 is 0 Å². The maximum absolute atomic E-state index is 2.43. The molecule has 1 aromatic carbocycles. The number of allylic oxidation sites excluding steroid dienone is 1. The molecule has 0 saturated heterocycles. The number of rotatable bonds is 1. The van der Waals surface area contributed by atoms with Crippen LogP contribution in [0.2, 0.25) is 0 Å². The van der Waals surface area contributed by atoms with E-state index in [1.807, 2.05) is 0 Å². The van der Waals surface area contributed by atoms with Gasteiger partial charge in [-0.05, 0) is 42.2 Å². The summed E-state index contributed by atoms with van der Waals surface area (Å²) in [4.78, 5) is 0. The van der Waals surface area contributed by atoms with Crippen molar-refractivity contribution in [1.82, 2.24) is 0 Å². The lowest BCUT2D eigenvalue weighted by molar-refractivity contribution is 0.563. The van der Waals surface area contributed by atoms with Gasteiger partial charge in [0.15, 0.2) is 0 Å². The first-order chi connectivity index (χ1) is 6.83. The van der Waals surface area contributed by atoms with Crippen LogP contribution in [-0.2, 0) is 6.42 Å². The minimum absolute atomic E-state index is 0.838. The molecule has 0 nitrogen and oxygen atoms in total. The molecule has 1 atom stereocenters. The molecule has 1 fully saturated rings. The fourth-order valence-electron chi connectivity index (χ4n) is 2.45. The van der Waals surface area contributed by atoms with Crippen LogP contribution in [0.5, 0.6) is 0 Å². The van der Waals surface area contributed by atoms with Gasteiger partial charge in [0.2, 0.25) is 0 Å². The summed E-state index contributed by atoms with van der Waals surface area (Å²) >= 11 is 0. The second kappa shape index (κ2) is 3.01. The van der Waals surface area contributed by atoms with Crippen LogP contribution in [0.1, 0.15) is 24.0 Å². The molecule has 0 amide bonds. The summed E-state index contributed by atoms with van der Waals surface area (Å²) in [7, 11) is 2.17. The highest BCUT2D eigenvalue weighted by molar-refractivity contribution is 6.32. The van der Waals surface area contributed by atoms with E-state index in [2.05, 4.69) is 38.2 Å². The van der Waals surface area contributed by atoms with Gasteiger partial charge in [-0.3, -0.25) is 0 Å². The second-order valence-corrected chi connectivity index (χ2v) is 4.77. The Labute approximate surface area is 86.4 Å². The molecule has 0 bridgehead atoms. The van der Waals surface area contributed by atoms with Crippen molar-refractivity contribution in [2.75, 3.05) is 0 Å². The smallest absolute Gasteiger partial charge is 0.0884 e. The zero-order valence-electron chi connectivity index (χ0n) is 8.66. The van der Waals surface area contributed by atoms with Gasteiger partial charge in [0, 0.05) is 0 Å². The zero-order valence-corrected chi connectivity index (χ0v) is 8.66. The summed E-state index contributed by atoms with van der Waals surface area (Å²) in [5.74, 6) is 1.84. The molecule has 14 heavy (non-hydrogen) atoms. The van der Waals surface area contributed by atoms with Crippen LogP contribution >= 0.6 is 0 Å². The Kier molecular flexibility index (Phi) is 1.80. The zero-order chi connectivity index (χ0) is 9.54. The van der Waals surface area contributed by atoms with Gasteiger partial charge in [-0.1, -0.05) is 35.8 Å². The maximum Gasteiger partial charge on any atom is 0.139 e. The van der Waals surface area contributed by atoms with E-state index in [1.54, 1.807) is 5.56 Å². The van der Waals surface area contributed by atoms with E-state index in [9.17, 15) is 0 Å². The molecule has 1 aromatic rings. The minimum atomic E-state index is 0.838. The predicted molar refractivity (Wildman–Crippen MR) is 63.6 cm³/mol. The van der Waals surface area contributed by atoms with Crippen molar-refractivity contribution in [2.24, 2.45) is 11.8 Å². The average molecular weight is 182 g/mol. The van der Waals surface area contributed by atoms with Crippen molar-refractivity contribution in [1.29, 1.82) is 0 Å². The van der Waals surface area contributed by atoms with Crippen molar-refractivity contribution in [2.45, 2.75) is 19.3 Å². The number of hydrogen-bond acceptors (Lipinski definition) is 0. The van der Waals surface area contributed by atoms with E-state index in [0.717, 1.165) is 11.8 Å². The third kappa shape index (κ3) is 1.41.